The molecule has 1 aliphatic heterocycles. The monoisotopic (exact) mass is 451 g/mol. The van der Waals surface area contributed by atoms with Crippen LogP contribution < -0.4 is 15.5 Å². The molecule has 1 aromatic heterocycles. The zero-order chi connectivity index (χ0) is 22.7. The summed E-state index contributed by atoms with van der Waals surface area (Å²) < 4.78 is 5.04. The predicted molar refractivity (Wildman–Crippen MR) is 122 cm³/mol. The highest BCUT2D eigenvalue weighted by molar-refractivity contribution is 6.30. The minimum Gasteiger partial charge on any atom is -0.459 e. The van der Waals surface area contributed by atoms with Crippen molar-refractivity contribution < 1.29 is 18.8 Å². The molecule has 2 N–H and O–H groups in total. The van der Waals surface area contributed by atoms with Crippen molar-refractivity contribution in [1.29, 1.82) is 0 Å². The number of anilines is 2. The SMILES string of the molecule is CC(NC(=O)c1ccco1)C(=O)Nc1ccc2c(c1)CCC(=O)N2Cc1ccc(Cl)cc1. The van der Waals surface area contributed by atoms with E-state index in [4.69, 9.17) is 16.0 Å². The number of nitrogens with one attached hydrogen (secondary N) is 2. The minimum atomic E-state index is -0.758. The molecule has 7 nitrogen and oxygen atoms in total. The number of carbonyl (C=O) groups excluding carboxylic acids is 3. The van der Waals surface area contributed by atoms with Crippen molar-refractivity contribution in [2.24, 2.45) is 0 Å². The highest BCUT2D eigenvalue weighted by atomic mass is 35.5. The Kier molecular flexibility index (Phi) is 6.28. The molecule has 1 aliphatic rings. The molecular weight excluding hydrogens is 430 g/mol. The van der Waals surface area contributed by atoms with Gasteiger partial charge in [-0.05, 0) is 66.9 Å². The molecule has 0 saturated carbocycles. The Morgan fingerprint density at radius 1 is 1.12 bits per heavy atom. The van der Waals surface area contributed by atoms with E-state index in [1.807, 2.05) is 24.3 Å². The fourth-order valence-electron chi connectivity index (χ4n) is 3.58. The summed E-state index contributed by atoms with van der Waals surface area (Å²) in [4.78, 5) is 38.9. The lowest BCUT2D eigenvalue weighted by molar-refractivity contribution is -0.119. The summed E-state index contributed by atoms with van der Waals surface area (Å²) in [7, 11) is 0. The molecule has 0 fully saturated rings. The summed E-state index contributed by atoms with van der Waals surface area (Å²) in [5, 5.41) is 6.07. The first-order chi connectivity index (χ1) is 15.4. The lowest BCUT2D eigenvalue weighted by Crippen LogP contribution is -2.41. The van der Waals surface area contributed by atoms with Gasteiger partial charge in [0, 0.05) is 22.8 Å². The molecule has 2 aromatic carbocycles. The van der Waals surface area contributed by atoms with Crippen LogP contribution in [0.1, 0.15) is 35.0 Å². The lowest BCUT2D eigenvalue weighted by Gasteiger charge is -2.30. The molecule has 3 amide bonds. The van der Waals surface area contributed by atoms with Crippen LogP contribution in [0.2, 0.25) is 5.02 Å². The highest BCUT2D eigenvalue weighted by Crippen LogP contribution is 2.31. The molecule has 1 unspecified atom stereocenters. The first-order valence-electron chi connectivity index (χ1n) is 10.2. The molecule has 0 aliphatic carbocycles. The van der Waals surface area contributed by atoms with E-state index in [0.717, 1.165) is 16.8 Å². The molecule has 32 heavy (non-hydrogen) atoms. The zero-order valence-electron chi connectivity index (χ0n) is 17.4. The maximum Gasteiger partial charge on any atom is 0.287 e. The Morgan fingerprint density at radius 3 is 2.62 bits per heavy atom. The average Bonchev–Trinajstić information content (AvgIpc) is 3.32. The first kappa shape index (κ1) is 21.6. The Morgan fingerprint density at radius 2 is 1.91 bits per heavy atom. The normalized spacial score (nSPS) is 13.9. The van der Waals surface area contributed by atoms with Gasteiger partial charge in [-0.2, -0.15) is 0 Å². The van der Waals surface area contributed by atoms with Crippen molar-refractivity contribution in [2.45, 2.75) is 32.4 Å². The van der Waals surface area contributed by atoms with Crippen LogP contribution in [0.25, 0.3) is 0 Å². The fraction of sp³-hybridized carbons (Fsp3) is 0.208. The molecule has 0 radical (unpaired) electrons. The number of carbonyl (C=O) groups is 3. The number of hydrogen-bond acceptors (Lipinski definition) is 4. The third-order valence-electron chi connectivity index (χ3n) is 5.29. The Labute approximate surface area is 190 Å². The topological polar surface area (TPSA) is 91.6 Å². The molecule has 4 rings (SSSR count). The summed E-state index contributed by atoms with van der Waals surface area (Å²) >= 11 is 5.96. The number of amides is 3. The van der Waals surface area contributed by atoms with Crippen molar-refractivity contribution in [3.05, 3.63) is 82.8 Å². The van der Waals surface area contributed by atoms with Crippen molar-refractivity contribution in [3.63, 3.8) is 0 Å². The van der Waals surface area contributed by atoms with Crippen LogP contribution in [0.3, 0.4) is 0 Å². The van der Waals surface area contributed by atoms with Crippen LogP contribution in [0.4, 0.5) is 11.4 Å². The maximum absolute atomic E-state index is 12.6. The lowest BCUT2D eigenvalue weighted by atomic mass is 9.99. The molecule has 3 aromatic rings. The fourth-order valence-corrected chi connectivity index (χ4v) is 3.70. The molecule has 0 spiro atoms. The molecule has 8 heteroatoms. The van der Waals surface area contributed by atoms with Gasteiger partial charge in [0.05, 0.1) is 12.8 Å². The summed E-state index contributed by atoms with van der Waals surface area (Å²) in [5.41, 5.74) is 3.39. The Bertz CT molecular complexity index is 1140. The van der Waals surface area contributed by atoms with Gasteiger partial charge in [-0.1, -0.05) is 23.7 Å². The molecule has 1 atom stereocenters. The maximum atomic E-state index is 12.6. The van der Waals surface area contributed by atoms with E-state index in [1.54, 1.807) is 36.1 Å². The second-order valence-electron chi connectivity index (χ2n) is 7.61. The second-order valence-corrected chi connectivity index (χ2v) is 8.05. The van der Waals surface area contributed by atoms with Crippen molar-refractivity contribution in [2.75, 3.05) is 10.2 Å². The van der Waals surface area contributed by atoms with Gasteiger partial charge in [0.1, 0.15) is 6.04 Å². The van der Waals surface area contributed by atoms with Gasteiger partial charge in [0.2, 0.25) is 11.8 Å². The first-order valence-corrected chi connectivity index (χ1v) is 10.6. The smallest absolute Gasteiger partial charge is 0.287 e. The van der Waals surface area contributed by atoms with Crippen LogP contribution in [-0.2, 0) is 22.6 Å². The van der Waals surface area contributed by atoms with Gasteiger partial charge in [0.15, 0.2) is 5.76 Å². The number of benzene rings is 2. The molecule has 0 bridgehead atoms. The summed E-state index contributed by atoms with van der Waals surface area (Å²) in [6, 6.07) is 15.2. The van der Waals surface area contributed by atoms with E-state index in [9.17, 15) is 14.4 Å². The Balaban J connectivity index is 1.44. The Hall–Kier alpha value is -3.58. The van der Waals surface area contributed by atoms with Crippen molar-refractivity contribution in [3.8, 4) is 0 Å². The van der Waals surface area contributed by atoms with Crippen LogP contribution in [-0.4, -0.2) is 23.8 Å². The van der Waals surface area contributed by atoms with E-state index >= 15 is 0 Å². The van der Waals surface area contributed by atoms with E-state index in [1.165, 1.54) is 12.3 Å². The highest BCUT2D eigenvalue weighted by Gasteiger charge is 2.25. The number of rotatable bonds is 6. The number of halogens is 1. The van der Waals surface area contributed by atoms with E-state index < -0.39 is 11.9 Å². The number of furan rings is 1. The van der Waals surface area contributed by atoms with Gasteiger partial charge in [-0.3, -0.25) is 14.4 Å². The van der Waals surface area contributed by atoms with Gasteiger partial charge < -0.3 is 20.0 Å². The standard InChI is InChI=1S/C24H22ClN3O4/c1-15(26-24(31)21-3-2-12-32-21)23(30)27-19-9-10-20-17(13-19)6-11-22(29)28(20)14-16-4-7-18(25)8-5-16/h2-5,7-10,12-13,15H,6,11,14H2,1H3,(H,26,31)(H,27,30). The molecular formula is C24H22ClN3O4. The summed E-state index contributed by atoms with van der Waals surface area (Å²) in [5.74, 6) is -0.614. The number of aryl methyl sites for hydroxylation is 1. The van der Waals surface area contributed by atoms with Crippen LogP contribution >= 0.6 is 11.6 Å². The third-order valence-corrected chi connectivity index (χ3v) is 5.54. The number of fused-ring (bicyclic) bond motifs is 1. The van der Waals surface area contributed by atoms with E-state index in [-0.39, 0.29) is 17.6 Å². The summed E-state index contributed by atoms with van der Waals surface area (Å²) in [6.07, 6.45) is 2.39. The molecule has 164 valence electrons. The quantitative estimate of drug-likeness (QED) is 0.588. The van der Waals surface area contributed by atoms with Crippen molar-refractivity contribution >= 4 is 40.7 Å². The van der Waals surface area contributed by atoms with Gasteiger partial charge in [0.25, 0.3) is 5.91 Å². The molecule has 2 heterocycles. The largest absolute Gasteiger partial charge is 0.459 e. The van der Waals surface area contributed by atoms with Crippen molar-refractivity contribution in [1.82, 2.24) is 5.32 Å². The number of hydrogen-bond donors (Lipinski definition) is 2. The van der Waals surface area contributed by atoms with Gasteiger partial charge >= 0.3 is 0 Å². The summed E-state index contributed by atoms with van der Waals surface area (Å²) in [6.45, 7) is 2.05. The average molecular weight is 452 g/mol. The minimum absolute atomic E-state index is 0.0542. The zero-order valence-corrected chi connectivity index (χ0v) is 18.2. The van der Waals surface area contributed by atoms with E-state index in [2.05, 4.69) is 10.6 Å². The third kappa shape index (κ3) is 4.84. The molecule has 0 saturated heterocycles. The number of nitrogens with zero attached hydrogens (tertiary/aromatic N) is 1. The van der Waals surface area contributed by atoms with Gasteiger partial charge in [-0.15, -0.1) is 0 Å². The van der Waals surface area contributed by atoms with Crippen LogP contribution in [0.15, 0.2) is 65.3 Å². The van der Waals surface area contributed by atoms with Gasteiger partial charge in [-0.25, -0.2) is 0 Å². The predicted octanol–water partition coefficient (Wildman–Crippen LogP) is 4.17. The van der Waals surface area contributed by atoms with Crippen LogP contribution in [0.5, 0.6) is 0 Å². The second kappa shape index (κ2) is 9.28. The van der Waals surface area contributed by atoms with Crippen LogP contribution in [0, 0.1) is 0 Å². The van der Waals surface area contributed by atoms with E-state index in [0.29, 0.717) is 30.1 Å².